The molecule has 4 rings (SSSR count). The molecule has 0 amide bonds. The number of ether oxygens (including phenoxy) is 1. The number of hydrogen-bond donors (Lipinski definition) is 0. The molecule has 24 heavy (non-hydrogen) atoms. The van der Waals surface area contributed by atoms with E-state index in [-0.39, 0.29) is 12.3 Å². The van der Waals surface area contributed by atoms with Crippen molar-refractivity contribution in [1.82, 2.24) is 14.4 Å². The van der Waals surface area contributed by atoms with Gasteiger partial charge < -0.3 is 9.14 Å². The lowest BCUT2D eigenvalue weighted by molar-refractivity contribution is 0.0462. The standard InChI is InChI=1S/C18H12ClN3O2/c19-13-6-8-17-20-14(10-22(17)9-13)11-24-18(23)16-7-5-12-3-1-2-4-15(12)21-16/h1-10H,11H2. The number of esters is 1. The van der Waals surface area contributed by atoms with Crippen molar-refractivity contribution in [3.8, 4) is 0 Å². The molecule has 0 aliphatic rings. The molecule has 0 atom stereocenters. The third kappa shape index (κ3) is 2.81. The molecule has 3 heterocycles. The van der Waals surface area contributed by atoms with Crippen LogP contribution in [-0.4, -0.2) is 20.3 Å². The zero-order valence-electron chi connectivity index (χ0n) is 12.5. The van der Waals surface area contributed by atoms with Gasteiger partial charge in [0, 0.05) is 17.8 Å². The Kier molecular flexibility index (Phi) is 3.63. The fourth-order valence-corrected chi connectivity index (χ4v) is 2.65. The fraction of sp³-hybridized carbons (Fsp3) is 0.0556. The van der Waals surface area contributed by atoms with Crippen LogP contribution in [0.2, 0.25) is 5.02 Å². The smallest absolute Gasteiger partial charge is 0.357 e. The van der Waals surface area contributed by atoms with Crippen LogP contribution in [0.3, 0.4) is 0 Å². The van der Waals surface area contributed by atoms with Gasteiger partial charge in [-0.3, -0.25) is 0 Å². The minimum atomic E-state index is -0.476. The molecule has 0 unspecified atom stereocenters. The number of fused-ring (bicyclic) bond motifs is 2. The largest absolute Gasteiger partial charge is 0.454 e. The van der Waals surface area contributed by atoms with Gasteiger partial charge in [0.1, 0.15) is 17.9 Å². The second-order valence-corrected chi connectivity index (χ2v) is 5.75. The van der Waals surface area contributed by atoms with E-state index in [2.05, 4.69) is 9.97 Å². The van der Waals surface area contributed by atoms with Gasteiger partial charge in [-0.25, -0.2) is 14.8 Å². The van der Waals surface area contributed by atoms with Crippen LogP contribution in [0.1, 0.15) is 16.2 Å². The number of nitrogens with zero attached hydrogens (tertiary/aromatic N) is 3. The summed E-state index contributed by atoms with van der Waals surface area (Å²) >= 11 is 5.94. The highest BCUT2D eigenvalue weighted by Crippen LogP contribution is 2.14. The normalized spacial score (nSPS) is 11.0. The predicted molar refractivity (Wildman–Crippen MR) is 91.1 cm³/mol. The number of carbonyl (C=O) groups is 1. The number of carbonyl (C=O) groups excluding carboxylic acids is 1. The number of benzene rings is 1. The van der Waals surface area contributed by atoms with E-state index in [4.69, 9.17) is 16.3 Å². The molecule has 118 valence electrons. The molecule has 0 aliphatic carbocycles. The van der Waals surface area contributed by atoms with Crippen molar-refractivity contribution in [2.24, 2.45) is 0 Å². The number of rotatable bonds is 3. The fourth-order valence-electron chi connectivity index (χ4n) is 2.48. The van der Waals surface area contributed by atoms with Gasteiger partial charge in [0.2, 0.25) is 0 Å². The van der Waals surface area contributed by atoms with Crippen molar-refractivity contribution >= 4 is 34.1 Å². The van der Waals surface area contributed by atoms with Crippen LogP contribution in [-0.2, 0) is 11.3 Å². The van der Waals surface area contributed by atoms with Crippen molar-refractivity contribution < 1.29 is 9.53 Å². The minimum Gasteiger partial charge on any atom is -0.454 e. The number of hydrogen-bond acceptors (Lipinski definition) is 4. The van der Waals surface area contributed by atoms with Gasteiger partial charge in [0.05, 0.1) is 16.2 Å². The number of pyridine rings is 2. The molecule has 0 aliphatic heterocycles. The molecule has 0 bridgehead atoms. The van der Waals surface area contributed by atoms with E-state index in [0.717, 1.165) is 16.6 Å². The van der Waals surface area contributed by atoms with Crippen molar-refractivity contribution in [1.29, 1.82) is 0 Å². The SMILES string of the molecule is O=C(OCc1cn2cc(Cl)ccc2n1)c1ccc2ccccc2n1. The van der Waals surface area contributed by atoms with Crippen LogP contribution in [0.5, 0.6) is 0 Å². The van der Waals surface area contributed by atoms with Crippen LogP contribution in [0.15, 0.2) is 60.9 Å². The summed E-state index contributed by atoms with van der Waals surface area (Å²) in [6, 6.07) is 14.7. The van der Waals surface area contributed by atoms with Crippen LogP contribution >= 0.6 is 11.6 Å². The Morgan fingerprint density at radius 1 is 1.04 bits per heavy atom. The molecule has 6 heteroatoms. The van der Waals surface area contributed by atoms with E-state index in [9.17, 15) is 4.79 Å². The van der Waals surface area contributed by atoms with Gasteiger partial charge in [-0.05, 0) is 24.3 Å². The molecule has 0 fully saturated rings. The third-order valence-corrected chi connectivity index (χ3v) is 3.85. The first-order chi connectivity index (χ1) is 11.7. The summed E-state index contributed by atoms with van der Waals surface area (Å²) in [5, 5.41) is 1.59. The molecule has 4 aromatic rings. The Bertz CT molecular complexity index is 1060. The number of halogens is 1. The lowest BCUT2D eigenvalue weighted by Gasteiger charge is -2.03. The lowest BCUT2D eigenvalue weighted by atomic mass is 10.2. The second-order valence-electron chi connectivity index (χ2n) is 5.31. The molecule has 0 saturated heterocycles. The van der Waals surface area contributed by atoms with Gasteiger partial charge in [-0.15, -0.1) is 0 Å². The topological polar surface area (TPSA) is 56.5 Å². The number of para-hydroxylation sites is 1. The summed E-state index contributed by atoms with van der Waals surface area (Å²) in [4.78, 5) is 20.9. The van der Waals surface area contributed by atoms with E-state index >= 15 is 0 Å². The Balaban J connectivity index is 1.52. The van der Waals surface area contributed by atoms with Crippen LogP contribution in [0.4, 0.5) is 0 Å². The molecular weight excluding hydrogens is 326 g/mol. The first kappa shape index (κ1) is 14.7. The zero-order valence-corrected chi connectivity index (χ0v) is 13.3. The van der Waals surface area contributed by atoms with Crippen molar-refractivity contribution in [2.45, 2.75) is 6.61 Å². The molecule has 0 saturated carbocycles. The van der Waals surface area contributed by atoms with E-state index in [1.807, 2.05) is 30.3 Å². The highest BCUT2D eigenvalue weighted by Gasteiger charge is 2.11. The molecule has 3 aromatic heterocycles. The molecule has 0 N–H and O–H groups in total. The molecule has 1 aromatic carbocycles. The maximum atomic E-state index is 12.2. The average molecular weight is 338 g/mol. The summed E-state index contributed by atoms with van der Waals surface area (Å²) in [5.74, 6) is -0.476. The van der Waals surface area contributed by atoms with Crippen molar-refractivity contribution in [3.63, 3.8) is 0 Å². The van der Waals surface area contributed by atoms with E-state index in [1.54, 1.807) is 35.0 Å². The van der Waals surface area contributed by atoms with E-state index < -0.39 is 5.97 Å². The van der Waals surface area contributed by atoms with E-state index in [0.29, 0.717) is 10.7 Å². The summed E-state index contributed by atoms with van der Waals surface area (Å²) in [7, 11) is 0. The first-order valence-electron chi connectivity index (χ1n) is 7.35. The van der Waals surface area contributed by atoms with Gasteiger partial charge in [-0.1, -0.05) is 35.9 Å². The minimum absolute atomic E-state index is 0.0760. The predicted octanol–water partition coefficient (Wildman–Crippen LogP) is 3.89. The maximum Gasteiger partial charge on any atom is 0.357 e. The summed E-state index contributed by atoms with van der Waals surface area (Å²) in [5.41, 5.74) is 2.43. The van der Waals surface area contributed by atoms with Gasteiger partial charge in [0.15, 0.2) is 0 Å². The first-order valence-corrected chi connectivity index (χ1v) is 7.73. The molecule has 5 nitrogen and oxygen atoms in total. The number of imidazole rings is 1. The number of aromatic nitrogens is 3. The quantitative estimate of drug-likeness (QED) is 0.532. The van der Waals surface area contributed by atoms with Gasteiger partial charge >= 0.3 is 5.97 Å². The third-order valence-electron chi connectivity index (χ3n) is 3.62. The zero-order chi connectivity index (χ0) is 16.5. The summed E-state index contributed by atoms with van der Waals surface area (Å²) in [6.45, 7) is 0.0760. The molecular formula is C18H12ClN3O2. The molecule has 0 spiro atoms. The Morgan fingerprint density at radius 2 is 1.92 bits per heavy atom. The highest BCUT2D eigenvalue weighted by molar-refractivity contribution is 6.30. The van der Waals surface area contributed by atoms with E-state index in [1.165, 1.54) is 0 Å². The Labute approximate surface area is 142 Å². The molecule has 0 radical (unpaired) electrons. The van der Waals surface area contributed by atoms with Crippen molar-refractivity contribution in [3.05, 3.63) is 77.3 Å². The lowest BCUT2D eigenvalue weighted by Crippen LogP contribution is -2.07. The highest BCUT2D eigenvalue weighted by atomic mass is 35.5. The maximum absolute atomic E-state index is 12.2. The summed E-state index contributed by atoms with van der Waals surface area (Å²) in [6.07, 6.45) is 3.53. The van der Waals surface area contributed by atoms with Gasteiger partial charge in [-0.2, -0.15) is 0 Å². The summed E-state index contributed by atoms with van der Waals surface area (Å²) < 4.78 is 7.10. The second kappa shape index (κ2) is 5.94. The monoisotopic (exact) mass is 337 g/mol. The van der Waals surface area contributed by atoms with Crippen LogP contribution < -0.4 is 0 Å². The van der Waals surface area contributed by atoms with Gasteiger partial charge in [0.25, 0.3) is 0 Å². The van der Waals surface area contributed by atoms with Crippen LogP contribution in [0.25, 0.3) is 16.6 Å². The van der Waals surface area contributed by atoms with Crippen molar-refractivity contribution in [2.75, 3.05) is 0 Å². The Hall–Kier alpha value is -2.92. The average Bonchev–Trinajstić information content (AvgIpc) is 3.01. The Morgan fingerprint density at radius 3 is 2.83 bits per heavy atom. The van der Waals surface area contributed by atoms with Crippen LogP contribution in [0, 0.1) is 0 Å².